The zero-order chi connectivity index (χ0) is 20.3. The molecule has 0 atom stereocenters. The molecule has 4 aromatic rings. The van der Waals surface area contributed by atoms with Gasteiger partial charge in [-0.3, -0.25) is 9.69 Å². The highest BCUT2D eigenvalue weighted by atomic mass is 32.1. The lowest BCUT2D eigenvalue weighted by Crippen LogP contribution is -2.48. The van der Waals surface area contributed by atoms with E-state index in [-0.39, 0.29) is 5.91 Å². The van der Waals surface area contributed by atoms with Gasteiger partial charge < -0.3 is 9.32 Å². The van der Waals surface area contributed by atoms with Gasteiger partial charge in [-0.05, 0) is 23.6 Å². The molecule has 30 heavy (non-hydrogen) atoms. The van der Waals surface area contributed by atoms with Crippen molar-refractivity contribution < 1.29 is 9.21 Å². The number of aryl methyl sites for hydroxylation is 1. The van der Waals surface area contributed by atoms with Crippen molar-refractivity contribution in [2.45, 2.75) is 19.4 Å². The van der Waals surface area contributed by atoms with Crippen LogP contribution >= 0.6 is 22.7 Å². The molecule has 0 aliphatic carbocycles. The number of thiophene rings is 1. The molecule has 0 saturated carbocycles. The molecule has 1 fully saturated rings. The molecule has 1 aliphatic heterocycles. The molecule has 1 aliphatic rings. The summed E-state index contributed by atoms with van der Waals surface area (Å²) in [5.41, 5.74) is 1.99. The molecular weight excluding hydrogens is 418 g/mol. The lowest BCUT2D eigenvalue weighted by molar-refractivity contribution is -0.133. The van der Waals surface area contributed by atoms with Crippen molar-refractivity contribution in [2.24, 2.45) is 0 Å². The summed E-state index contributed by atoms with van der Waals surface area (Å²) in [6.07, 6.45) is 0.866. The maximum Gasteiger partial charge on any atom is 0.248 e. The Hall–Kier alpha value is -2.62. The van der Waals surface area contributed by atoms with E-state index in [2.05, 4.69) is 27.2 Å². The van der Waals surface area contributed by atoms with E-state index in [1.54, 1.807) is 22.7 Å². The third-order valence-corrected chi connectivity index (χ3v) is 6.91. The number of thiazole rings is 1. The zero-order valence-electron chi connectivity index (χ0n) is 16.4. The molecule has 0 unspecified atom stereocenters. The van der Waals surface area contributed by atoms with E-state index in [1.807, 2.05) is 33.9 Å². The molecule has 1 aromatic carbocycles. The summed E-state index contributed by atoms with van der Waals surface area (Å²) in [4.78, 5) is 21.6. The van der Waals surface area contributed by atoms with Crippen molar-refractivity contribution in [3.05, 3.63) is 52.0 Å². The second kappa shape index (κ2) is 8.63. The van der Waals surface area contributed by atoms with Crippen LogP contribution in [0.3, 0.4) is 0 Å². The minimum absolute atomic E-state index is 0.143. The zero-order valence-corrected chi connectivity index (χ0v) is 18.0. The van der Waals surface area contributed by atoms with E-state index in [9.17, 15) is 4.79 Å². The van der Waals surface area contributed by atoms with Gasteiger partial charge in [0.05, 0.1) is 16.8 Å². The molecule has 0 radical (unpaired) electrons. The smallest absolute Gasteiger partial charge is 0.248 e. The van der Waals surface area contributed by atoms with E-state index in [0.29, 0.717) is 24.6 Å². The lowest BCUT2D eigenvalue weighted by atomic mass is 10.2. The van der Waals surface area contributed by atoms with Crippen LogP contribution in [0.4, 0.5) is 0 Å². The molecule has 9 heteroatoms. The Labute approximate surface area is 182 Å². The highest BCUT2D eigenvalue weighted by Gasteiger charge is 2.22. The number of rotatable bonds is 6. The highest BCUT2D eigenvalue weighted by Crippen LogP contribution is 2.23. The number of hydrogen-bond donors (Lipinski definition) is 0. The fourth-order valence-corrected chi connectivity index (χ4v) is 5.20. The number of carbonyl (C=O) groups excluding carboxylic acids is 1. The molecule has 154 valence electrons. The van der Waals surface area contributed by atoms with Crippen LogP contribution in [0.5, 0.6) is 0 Å². The SMILES string of the molecule is O=C(CCc1nnc(-c2ccsc2)o1)N1CCN(Cc2nc3ccccc3s2)CC1. The normalized spacial score (nSPS) is 15.1. The predicted molar refractivity (Wildman–Crippen MR) is 117 cm³/mol. The third-order valence-electron chi connectivity index (χ3n) is 5.21. The lowest BCUT2D eigenvalue weighted by Gasteiger charge is -2.34. The first-order valence-corrected chi connectivity index (χ1v) is 11.7. The third kappa shape index (κ3) is 4.28. The van der Waals surface area contributed by atoms with Crippen LogP contribution in [0.25, 0.3) is 21.7 Å². The molecule has 1 amide bonds. The van der Waals surface area contributed by atoms with Gasteiger partial charge in [0.2, 0.25) is 17.7 Å². The van der Waals surface area contributed by atoms with Crippen LogP contribution < -0.4 is 0 Å². The molecule has 3 aromatic heterocycles. The van der Waals surface area contributed by atoms with Gasteiger partial charge in [0.1, 0.15) is 5.01 Å². The minimum atomic E-state index is 0.143. The number of benzene rings is 1. The first-order chi connectivity index (χ1) is 14.7. The number of carbonyl (C=O) groups is 1. The summed E-state index contributed by atoms with van der Waals surface area (Å²) in [6.45, 7) is 4.06. The average Bonchev–Trinajstić information content (AvgIpc) is 3.52. The van der Waals surface area contributed by atoms with Crippen LogP contribution in [0.15, 0.2) is 45.5 Å². The standard InChI is InChI=1S/C21H21N5O2S2/c27-20(6-5-18-23-24-21(28-18)15-7-12-29-14-15)26-10-8-25(9-11-26)13-19-22-16-3-1-2-4-17(16)30-19/h1-4,7,12,14H,5-6,8-11,13H2. The first kappa shape index (κ1) is 19.3. The predicted octanol–water partition coefficient (Wildman–Crippen LogP) is 3.68. The largest absolute Gasteiger partial charge is 0.421 e. The number of nitrogens with zero attached hydrogens (tertiary/aromatic N) is 5. The number of aromatic nitrogens is 3. The van der Waals surface area contributed by atoms with Crippen LogP contribution in [-0.4, -0.2) is 57.1 Å². The molecule has 7 nitrogen and oxygen atoms in total. The number of para-hydroxylation sites is 1. The monoisotopic (exact) mass is 439 g/mol. The maximum atomic E-state index is 12.6. The van der Waals surface area contributed by atoms with Crippen molar-refractivity contribution in [1.82, 2.24) is 25.0 Å². The van der Waals surface area contributed by atoms with Crippen LogP contribution in [0, 0.1) is 0 Å². The molecular formula is C21H21N5O2S2. The van der Waals surface area contributed by atoms with Crippen LogP contribution in [0.2, 0.25) is 0 Å². The van der Waals surface area contributed by atoms with Gasteiger partial charge in [-0.25, -0.2) is 4.98 Å². The van der Waals surface area contributed by atoms with Gasteiger partial charge in [-0.2, -0.15) is 11.3 Å². The summed E-state index contributed by atoms with van der Waals surface area (Å²) < 4.78 is 6.90. The Morgan fingerprint density at radius 1 is 1.10 bits per heavy atom. The quantitative estimate of drug-likeness (QED) is 0.456. The molecule has 0 N–H and O–H groups in total. The number of fused-ring (bicyclic) bond motifs is 1. The van der Waals surface area contributed by atoms with Crippen molar-refractivity contribution >= 4 is 38.8 Å². The van der Waals surface area contributed by atoms with Crippen LogP contribution in [-0.2, 0) is 17.8 Å². The highest BCUT2D eigenvalue weighted by molar-refractivity contribution is 7.18. The molecule has 0 bridgehead atoms. The molecule has 5 rings (SSSR count). The van der Waals surface area contributed by atoms with Crippen molar-refractivity contribution in [3.8, 4) is 11.5 Å². The summed E-state index contributed by atoms with van der Waals surface area (Å²) in [5, 5.41) is 13.2. The first-order valence-electron chi connectivity index (χ1n) is 9.94. The van der Waals surface area contributed by atoms with E-state index in [0.717, 1.165) is 48.8 Å². The summed E-state index contributed by atoms with van der Waals surface area (Å²) >= 11 is 3.33. The van der Waals surface area contributed by atoms with Gasteiger partial charge in [0.25, 0.3) is 0 Å². The average molecular weight is 440 g/mol. The summed E-state index contributed by atoms with van der Waals surface area (Å²) in [6, 6.07) is 10.2. The second-order valence-corrected chi connectivity index (χ2v) is 9.14. The summed E-state index contributed by atoms with van der Waals surface area (Å²) in [7, 11) is 0. The van der Waals surface area contributed by atoms with Gasteiger partial charge >= 0.3 is 0 Å². The van der Waals surface area contributed by atoms with E-state index < -0.39 is 0 Å². The van der Waals surface area contributed by atoms with Gasteiger partial charge in [0, 0.05) is 50.0 Å². The number of piperazine rings is 1. The van der Waals surface area contributed by atoms with Gasteiger partial charge in [0.15, 0.2) is 0 Å². The van der Waals surface area contributed by atoms with Crippen molar-refractivity contribution in [2.75, 3.05) is 26.2 Å². The second-order valence-electron chi connectivity index (χ2n) is 7.25. The van der Waals surface area contributed by atoms with Gasteiger partial charge in [-0.15, -0.1) is 21.5 Å². The van der Waals surface area contributed by atoms with E-state index in [4.69, 9.17) is 9.40 Å². The fourth-order valence-electron chi connectivity index (χ4n) is 3.56. The van der Waals surface area contributed by atoms with E-state index in [1.165, 1.54) is 4.70 Å². The Morgan fingerprint density at radius 3 is 2.77 bits per heavy atom. The summed E-state index contributed by atoms with van der Waals surface area (Å²) in [5.74, 6) is 1.17. The minimum Gasteiger partial charge on any atom is -0.421 e. The van der Waals surface area contributed by atoms with Crippen LogP contribution in [0.1, 0.15) is 17.3 Å². The Balaban J connectivity index is 1.10. The maximum absolute atomic E-state index is 12.6. The van der Waals surface area contributed by atoms with Gasteiger partial charge in [-0.1, -0.05) is 12.1 Å². The topological polar surface area (TPSA) is 75.4 Å². The van der Waals surface area contributed by atoms with Crippen molar-refractivity contribution in [3.63, 3.8) is 0 Å². The number of hydrogen-bond acceptors (Lipinski definition) is 8. The number of amides is 1. The Kier molecular flexibility index (Phi) is 5.56. The fraction of sp³-hybridized carbons (Fsp3) is 0.333. The molecule has 4 heterocycles. The van der Waals surface area contributed by atoms with Crippen molar-refractivity contribution in [1.29, 1.82) is 0 Å². The Morgan fingerprint density at radius 2 is 1.97 bits per heavy atom. The van der Waals surface area contributed by atoms with E-state index >= 15 is 0 Å². The Bertz CT molecular complexity index is 1100. The molecule has 1 saturated heterocycles. The molecule has 0 spiro atoms.